The van der Waals surface area contributed by atoms with E-state index in [2.05, 4.69) is 5.32 Å². The molecule has 2 amide bonds. The zero-order chi connectivity index (χ0) is 19.4. The molecule has 6 heteroatoms. The van der Waals surface area contributed by atoms with Gasteiger partial charge in [0.25, 0.3) is 0 Å². The Labute approximate surface area is 157 Å². The molecule has 1 heterocycles. The van der Waals surface area contributed by atoms with Crippen molar-refractivity contribution >= 4 is 17.5 Å². The van der Waals surface area contributed by atoms with Gasteiger partial charge in [-0.3, -0.25) is 9.59 Å². The molecule has 0 aliphatic carbocycles. The van der Waals surface area contributed by atoms with E-state index in [1.807, 2.05) is 31.2 Å². The van der Waals surface area contributed by atoms with E-state index in [4.69, 9.17) is 0 Å². The van der Waals surface area contributed by atoms with Gasteiger partial charge < -0.3 is 10.2 Å². The standard InChI is InChI=1S/C21H22F2N2O2/c1-14-2-4-15(5-3-14)12-20(26)25-10-8-16(9-11-25)21(27)24-19-7-6-17(22)13-18(19)23/h2-7,13,16H,8-12H2,1H3,(H,24,27). The molecule has 27 heavy (non-hydrogen) atoms. The first kappa shape index (κ1) is 19.0. The third-order valence-corrected chi connectivity index (χ3v) is 4.88. The molecule has 0 atom stereocenters. The number of hydrogen-bond donors (Lipinski definition) is 1. The van der Waals surface area contributed by atoms with Gasteiger partial charge in [0.2, 0.25) is 11.8 Å². The Bertz CT molecular complexity index is 829. The Morgan fingerprint density at radius 3 is 2.37 bits per heavy atom. The highest BCUT2D eigenvalue weighted by atomic mass is 19.1. The largest absolute Gasteiger partial charge is 0.342 e. The zero-order valence-electron chi connectivity index (χ0n) is 15.2. The maximum absolute atomic E-state index is 13.7. The number of amides is 2. The van der Waals surface area contributed by atoms with E-state index < -0.39 is 11.6 Å². The van der Waals surface area contributed by atoms with Gasteiger partial charge in [-0.2, -0.15) is 0 Å². The van der Waals surface area contributed by atoms with E-state index in [0.29, 0.717) is 32.4 Å². The summed E-state index contributed by atoms with van der Waals surface area (Å²) in [5, 5.41) is 2.51. The molecule has 0 bridgehead atoms. The van der Waals surface area contributed by atoms with Crippen LogP contribution in [0.4, 0.5) is 14.5 Å². The van der Waals surface area contributed by atoms with Crippen LogP contribution in [0, 0.1) is 24.5 Å². The fraction of sp³-hybridized carbons (Fsp3) is 0.333. The molecule has 142 valence electrons. The van der Waals surface area contributed by atoms with Crippen LogP contribution in [-0.4, -0.2) is 29.8 Å². The summed E-state index contributed by atoms with van der Waals surface area (Å²) in [5.74, 6) is -2.04. The molecule has 2 aromatic carbocycles. The Balaban J connectivity index is 1.51. The number of benzene rings is 2. The summed E-state index contributed by atoms with van der Waals surface area (Å²) in [7, 11) is 0. The molecule has 2 aromatic rings. The van der Waals surface area contributed by atoms with Crippen LogP contribution >= 0.6 is 0 Å². The van der Waals surface area contributed by atoms with Crippen molar-refractivity contribution < 1.29 is 18.4 Å². The number of nitrogens with one attached hydrogen (secondary N) is 1. The van der Waals surface area contributed by atoms with Crippen molar-refractivity contribution in [1.82, 2.24) is 4.90 Å². The van der Waals surface area contributed by atoms with E-state index in [1.54, 1.807) is 4.90 Å². The van der Waals surface area contributed by atoms with Gasteiger partial charge in [-0.1, -0.05) is 29.8 Å². The van der Waals surface area contributed by atoms with E-state index in [0.717, 1.165) is 23.3 Å². The second kappa shape index (κ2) is 8.29. The normalized spacial score (nSPS) is 14.9. The predicted octanol–water partition coefficient (Wildman–Crippen LogP) is 3.69. The first-order valence-corrected chi connectivity index (χ1v) is 9.01. The van der Waals surface area contributed by atoms with Crippen LogP contribution in [-0.2, 0) is 16.0 Å². The van der Waals surface area contributed by atoms with Crippen molar-refractivity contribution in [3.05, 3.63) is 65.2 Å². The van der Waals surface area contributed by atoms with Gasteiger partial charge in [-0.05, 0) is 37.5 Å². The molecule has 0 spiro atoms. The van der Waals surface area contributed by atoms with Crippen LogP contribution in [0.3, 0.4) is 0 Å². The molecule has 0 aromatic heterocycles. The zero-order valence-corrected chi connectivity index (χ0v) is 15.2. The molecule has 1 saturated heterocycles. The number of piperidine rings is 1. The Hall–Kier alpha value is -2.76. The molecule has 1 aliphatic rings. The lowest BCUT2D eigenvalue weighted by atomic mass is 9.95. The molecule has 0 unspecified atom stereocenters. The third kappa shape index (κ3) is 4.90. The lowest BCUT2D eigenvalue weighted by Gasteiger charge is -2.31. The number of anilines is 1. The number of carbonyl (C=O) groups is 2. The number of carbonyl (C=O) groups excluding carboxylic acids is 2. The highest BCUT2D eigenvalue weighted by molar-refractivity contribution is 5.92. The molecule has 1 fully saturated rings. The van der Waals surface area contributed by atoms with Gasteiger partial charge >= 0.3 is 0 Å². The van der Waals surface area contributed by atoms with E-state index in [1.165, 1.54) is 6.07 Å². The molecule has 4 nitrogen and oxygen atoms in total. The fourth-order valence-electron chi connectivity index (χ4n) is 3.21. The molecule has 1 aliphatic heterocycles. The van der Waals surface area contributed by atoms with Gasteiger partial charge in [-0.15, -0.1) is 0 Å². The van der Waals surface area contributed by atoms with Gasteiger partial charge in [0, 0.05) is 25.1 Å². The smallest absolute Gasteiger partial charge is 0.227 e. The van der Waals surface area contributed by atoms with Crippen LogP contribution in [0.15, 0.2) is 42.5 Å². The van der Waals surface area contributed by atoms with E-state index in [-0.39, 0.29) is 23.4 Å². The van der Waals surface area contributed by atoms with Crippen LogP contribution in [0.5, 0.6) is 0 Å². The second-order valence-corrected chi connectivity index (χ2v) is 6.93. The average Bonchev–Trinajstić information content (AvgIpc) is 2.66. The fourth-order valence-corrected chi connectivity index (χ4v) is 3.21. The summed E-state index contributed by atoms with van der Waals surface area (Å²) in [6, 6.07) is 10.9. The van der Waals surface area contributed by atoms with Crippen LogP contribution in [0.1, 0.15) is 24.0 Å². The SMILES string of the molecule is Cc1ccc(CC(=O)N2CCC(C(=O)Nc3ccc(F)cc3F)CC2)cc1. The van der Waals surface area contributed by atoms with Crippen molar-refractivity contribution in [2.45, 2.75) is 26.2 Å². The minimum Gasteiger partial charge on any atom is -0.342 e. The number of rotatable bonds is 4. The highest BCUT2D eigenvalue weighted by Crippen LogP contribution is 2.22. The lowest BCUT2D eigenvalue weighted by molar-refractivity contribution is -0.133. The van der Waals surface area contributed by atoms with Crippen molar-refractivity contribution in [3.8, 4) is 0 Å². The first-order valence-electron chi connectivity index (χ1n) is 9.01. The van der Waals surface area contributed by atoms with Crippen molar-refractivity contribution in [3.63, 3.8) is 0 Å². The Morgan fingerprint density at radius 1 is 1.07 bits per heavy atom. The van der Waals surface area contributed by atoms with Crippen LogP contribution < -0.4 is 5.32 Å². The maximum atomic E-state index is 13.7. The molecular weight excluding hydrogens is 350 g/mol. The minimum absolute atomic E-state index is 0.0284. The summed E-state index contributed by atoms with van der Waals surface area (Å²) in [6.45, 7) is 2.99. The summed E-state index contributed by atoms with van der Waals surface area (Å²) in [5.41, 5.74) is 2.09. The van der Waals surface area contributed by atoms with E-state index >= 15 is 0 Å². The average molecular weight is 372 g/mol. The maximum Gasteiger partial charge on any atom is 0.227 e. The minimum atomic E-state index is -0.797. The van der Waals surface area contributed by atoms with Gasteiger partial charge in [0.05, 0.1) is 12.1 Å². The van der Waals surface area contributed by atoms with Crippen LogP contribution in [0.2, 0.25) is 0 Å². The third-order valence-electron chi connectivity index (χ3n) is 4.88. The number of nitrogens with zero attached hydrogens (tertiary/aromatic N) is 1. The van der Waals surface area contributed by atoms with E-state index in [9.17, 15) is 18.4 Å². The summed E-state index contributed by atoms with van der Waals surface area (Å²) >= 11 is 0. The highest BCUT2D eigenvalue weighted by Gasteiger charge is 2.27. The summed E-state index contributed by atoms with van der Waals surface area (Å²) in [6.07, 6.45) is 1.39. The van der Waals surface area contributed by atoms with Gasteiger partial charge in [0.15, 0.2) is 0 Å². The summed E-state index contributed by atoms with van der Waals surface area (Å²) in [4.78, 5) is 26.5. The topological polar surface area (TPSA) is 49.4 Å². The van der Waals surface area contributed by atoms with Crippen molar-refractivity contribution in [2.24, 2.45) is 5.92 Å². The van der Waals surface area contributed by atoms with Gasteiger partial charge in [-0.25, -0.2) is 8.78 Å². The Morgan fingerprint density at radius 2 is 1.74 bits per heavy atom. The second-order valence-electron chi connectivity index (χ2n) is 6.93. The Kier molecular flexibility index (Phi) is 5.84. The lowest BCUT2D eigenvalue weighted by Crippen LogP contribution is -2.42. The molecule has 1 N–H and O–H groups in total. The molecule has 0 saturated carbocycles. The molecular formula is C21H22F2N2O2. The number of hydrogen-bond acceptors (Lipinski definition) is 2. The van der Waals surface area contributed by atoms with Crippen molar-refractivity contribution in [1.29, 1.82) is 0 Å². The predicted molar refractivity (Wildman–Crippen MR) is 99.2 cm³/mol. The monoisotopic (exact) mass is 372 g/mol. The molecule has 3 rings (SSSR count). The van der Waals surface area contributed by atoms with Crippen molar-refractivity contribution in [2.75, 3.05) is 18.4 Å². The van der Waals surface area contributed by atoms with Gasteiger partial charge in [0.1, 0.15) is 11.6 Å². The molecule has 0 radical (unpaired) electrons. The number of halogens is 2. The summed E-state index contributed by atoms with van der Waals surface area (Å²) < 4.78 is 26.6. The number of aryl methyl sites for hydroxylation is 1. The quantitative estimate of drug-likeness (QED) is 0.890. The number of likely N-dealkylation sites (tertiary alicyclic amines) is 1. The first-order chi connectivity index (χ1) is 12.9. The van der Waals surface area contributed by atoms with Crippen LogP contribution in [0.25, 0.3) is 0 Å².